The summed E-state index contributed by atoms with van der Waals surface area (Å²) in [6, 6.07) is 3.33. The van der Waals surface area contributed by atoms with Crippen LogP contribution in [0.15, 0.2) is 0 Å². The molecule has 3 unspecified atom stereocenters. The zero-order valence-corrected chi connectivity index (χ0v) is 13.1. The molecule has 0 spiro atoms. The normalized spacial score (nSPS) is 33.8. The maximum absolute atomic E-state index is 3.74. The minimum atomic E-state index is 0.794. The van der Waals surface area contributed by atoms with Gasteiger partial charge in [-0.3, -0.25) is 4.90 Å². The third-order valence-electron chi connectivity index (χ3n) is 4.72. The summed E-state index contributed by atoms with van der Waals surface area (Å²) in [5.41, 5.74) is 0. The maximum atomic E-state index is 3.74. The van der Waals surface area contributed by atoms with Crippen molar-refractivity contribution < 1.29 is 0 Å². The molecule has 2 saturated heterocycles. The van der Waals surface area contributed by atoms with Crippen molar-refractivity contribution in [1.82, 2.24) is 10.2 Å². The van der Waals surface area contributed by atoms with Gasteiger partial charge >= 0.3 is 0 Å². The van der Waals surface area contributed by atoms with Gasteiger partial charge in [-0.25, -0.2) is 0 Å². The van der Waals surface area contributed by atoms with Crippen LogP contribution in [0, 0.1) is 0 Å². The zero-order chi connectivity index (χ0) is 13.0. The molecule has 2 aliphatic heterocycles. The molecule has 3 atom stereocenters. The number of thioether (sulfide) groups is 1. The van der Waals surface area contributed by atoms with Gasteiger partial charge in [0.1, 0.15) is 0 Å². The molecular formula is C15H30N2S. The predicted octanol–water partition coefficient (Wildman–Crippen LogP) is 3.12. The van der Waals surface area contributed by atoms with Gasteiger partial charge in [-0.05, 0) is 64.0 Å². The van der Waals surface area contributed by atoms with E-state index in [1.54, 1.807) is 0 Å². The van der Waals surface area contributed by atoms with Crippen molar-refractivity contribution in [2.45, 2.75) is 76.5 Å². The smallest absolute Gasteiger partial charge is 0.0116 e. The van der Waals surface area contributed by atoms with Gasteiger partial charge in [0.05, 0.1) is 0 Å². The lowest BCUT2D eigenvalue weighted by Crippen LogP contribution is -2.52. The Hall–Kier alpha value is 0.270. The zero-order valence-electron chi connectivity index (χ0n) is 12.3. The molecule has 0 saturated carbocycles. The van der Waals surface area contributed by atoms with E-state index in [0.29, 0.717) is 0 Å². The Kier molecular flexibility index (Phi) is 5.84. The first-order valence-corrected chi connectivity index (χ1v) is 9.15. The van der Waals surface area contributed by atoms with E-state index in [2.05, 4.69) is 30.3 Å². The van der Waals surface area contributed by atoms with Crippen LogP contribution in [0.3, 0.4) is 0 Å². The molecule has 0 aliphatic carbocycles. The number of nitrogens with one attached hydrogen (secondary N) is 1. The van der Waals surface area contributed by atoms with E-state index < -0.39 is 0 Å². The van der Waals surface area contributed by atoms with Crippen LogP contribution in [0.1, 0.15) is 52.4 Å². The molecule has 0 radical (unpaired) electrons. The van der Waals surface area contributed by atoms with Crippen LogP contribution in [-0.2, 0) is 0 Å². The Balaban J connectivity index is 1.85. The van der Waals surface area contributed by atoms with Gasteiger partial charge in [-0.2, -0.15) is 11.8 Å². The summed E-state index contributed by atoms with van der Waals surface area (Å²) in [6.45, 7) is 5.91. The lowest BCUT2D eigenvalue weighted by atomic mass is 9.95. The summed E-state index contributed by atoms with van der Waals surface area (Å²) >= 11 is 1.99. The molecule has 2 nitrogen and oxygen atoms in total. The van der Waals surface area contributed by atoms with Crippen molar-refractivity contribution in [3.05, 3.63) is 0 Å². The van der Waals surface area contributed by atoms with E-state index in [0.717, 1.165) is 24.2 Å². The monoisotopic (exact) mass is 270 g/mol. The van der Waals surface area contributed by atoms with E-state index in [1.807, 2.05) is 11.8 Å². The van der Waals surface area contributed by atoms with Crippen molar-refractivity contribution >= 4 is 11.8 Å². The van der Waals surface area contributed by atoms with Gasteiger partial charge in [-0.1, -0.05) is 6.92 Å². The van der Waals surface area contributed by atoms with E-state index in [4.69, 9.17) is 0 Å². The number of hydrogen-bond donors (Lipinski definition) is 1. The first-order chi connectivity index (χ1) is 8.76. The summed E-state index contributed by atoms with van der Waals surface area (Å²) in [4.78, 5) is 2.86. The van der Waals surface area contributed by atoms with Crippen LogP contribution in [-0.4, -0.2) is 47.6 Å². The Morgan fingerprint density at radius 3 is 2.50 bits per heavy atom. The van der Waals surface area contributed by atoms with E-state index >= 15 is 0 Å². The van der Waals surface area contributed by atoms with Gasteiger partial charge in [0.2, 0.25) is 0 Å². The highest BCUT2D eigenvalue weighted by molar-refractivity contribution is 7.98. The Bertz CT molecular complexity index is 233. The van der Waals surface area contributed by atoms with Crippen molar-refractivity contribution in [2.24, 2.45) is 0 Å². The lowest BCUT2D eigenvalue weighted by Gasteiger charge is -2.43. The Morgan fingerprint density at radius 2 is 1.94 bits per heavy atom. The second-order valence-corrected chi connectivity index (χ2v) is 7.07. The van der Waals surface area contributed by atoms with Crippen LogP contribution in [0.5, 0.6) is 0 Å². The largest absolute Gasteiger partial charge is 0.314 e. The van der Waals surface area contributed by atoms with E-state index in [1.165, 1.54) is 50.8 Å². The Morgan fingerprint density at radius 1 is 1.28 bits per heavy atom. The lowest BCUT2D eigenvalue weighted by molar-refractivity contribution is 0.0761. The fourth-order valence-corrected chi connectivity index (χ4v) is 4.46. The summed E-state index contributed by atoms with van der Waals surface area (Å²) < 4.78 is 0. The highest BCUT2D eigenvalue weighted by Gasteiger charge is 2.42. The molecule has 18 heavy (non-hydrogen) atoms. The maximum Gasteiger partial charge on any atom is 0.0116 e. The number of nitrogens with zero attached hydrogens (tertiary/aromatic N) is 1. The van der Waals surface area contributed by atoms with Crippen molar-refractivity contribution in [1.29, 1.82) is 0 Å². The second-order valence-electron chi connectivity index (χ2n) is 6.09. The molecular weight excluding hydrogens is 240 g/mol. The first-order valence-electron chi connectivity index (χ1n) is 7.76. The predicted molar refractivity (Wildman–Crippen MR) is 82.4 cm³/mol. The first kappa shape index (κ1) is 14.7. The summed E-state index contributed by atoms with van der Waals surface area (Å²) in [5, 5.41) is 3.74. The molecule has 2 heterocycles. The molecule has 2 rings (SSSR count). The van der Waals surface area contributed by atoms with Crippen LogP contribution < -0.4 is 5.32 Å². The van der Waals surface area contributed by atoms with Crippen molar-refractivity contribution in [3.8, 4) is 0 Å². The fraction of sp³-hybridized carbons (Fsp3) is 1.00. The number of fused-ring (bicyclic) bond motifs is 2. The number of piperidine rings is 1. The quantitative estimate of drug-likeness (QED) is 0.765. The minimum Gasteiger partial charge on any atom is -0.314 e. The minimum absolute atomic E-state index is 0.794. The summed E-state index contributed by atoms with van der Waals surface area (Å²) in [7, 11) is 0. The third kappa shape index (κ3) is 3.43. The Labute approximate surface area is 117 Å². The third-order valence-corrected chi connectivity index (χ3v) is 5.37. The number of rotatable bonds is 7. The highest BCUT2D eigenvalue weighted by Crippen LogP contribution is 2.37. The molecule has 1 N–H and O–H groups in total. The molecule has 2 fully saturated rings. The van der Waals surface area contributed by atoms with Gasteiger partial charge < -0.3 is 5.32 Å². The van der Waals surface area contributed by atoms with Crippen molar-refractivity contribution in [3.63, 3.8) is 0 Å². The molecule has 3 heteroatoms. The molecule has 0 amide bonds. The topological polar surface area (TPSA) is 15.3 Å². The highest BCUT2D eigenvalue weighted by atomic mass is 32.2. The number of hydrogen-bond acceptors (Lipinski definition) is 3. The van der Waals surface area contributed by atoms with Gasteiger partial charge in [0, 0.05) is 24.2 Å². The van der Waals surface area contributed by atoms with Gasteiger partial charge in [-0.15, -0.1) is 0 Å². The molecule has 0 aromatic rings. The van der Waals surface area contributed by atoms with Gasteiger partial charge in [0.25, 0.3) is 0 Å². The SMILES string of the molecule is CCCNC1CC2CCC(C1)N2C(C)CCSC. The van der Waals surface area contributed by atoms with Crippen LogP contribution >= 0.6 is 11.8 Å². The molecule has 0 aromatic heterocycles. The summed E-state index contributed by atoms with van der Waals surface area (Å²) in [6.07, 6.45) is 10.5. The fourth-order valence-electron chi connectivity index (χ4n) is 3.89. The average molecular weight is 270 g/mol. The molecule has 106 valence electrons. The second kappa shape index (κ2) is 7.16. The van der Waals surface area contributed by atoms with Gasteiger partial charge in [0.15, 0.2) is 0 Å². The van der Waals surface area contributed by atoms with E-state index in [9.17, 15) is 0 Å². The molecule has 2 aliphatic rings. The van der Waals surface area contributed by atoms with E-state index in [-0.39, 0.29) is 0 Å². The van der Waals surface area contributed by atoms with Crippen molar-refractivity contribution in [2.75, 3.05) is 18.6 Å². The average Bonchev–Trinajstić information content (AvgIpc) is 2.65. The van der Waals surface area contributed by atoms with Crippen LogP contribution in [0.4, 0.5) is 0 Å². The van der Waals surface area contributed by atoms with Crippen LogP contribution in [0.25, 0.3) is 0 Å². The summed E-state index contributed by atoms with van der Waals surface area (Å²) in [5.74, 6) is 1.31. The standard InChI is InChI=1S/C15H30N2S/c1-4-8-16-13-10-14-5-6-15(11-13)17(14)12(2)7-9-18-3/h12-16H,4-11H2,1-3H3. The molecule has 0 aromatic carbocycles. The molecule has 2 bridgehead atoms. The van der Waals surface area contributed by atoms with Crippen LogP contribution in [0.2, 0.25) is 0 Å².